The van der Waals surface area contributed by atoms with Crippen LogP contribution in [0.25, 0.3) is 0 Å². The molecule has 1 aliphatic heterocycles. The van der Waals surface area contributed by atoms with Gasteiger partial charge in [0, 0.05) is 12.6 Å². The number of halogens is 1. The highest BCUT2D eigenvalue weighted by Gasteiger charge is 2.29. The van der Waals surface area contributed by atoms with E-state index in [0.29, 0.717) is 10.5 Å². The SMILES string of the molecule is CC1CN1C(=S)Cl. The summed E-state index contributed by atoms with van der Waals surface area (Å²) in [6.45, 7) is 3.14. The highest BCUT2D eigenvalue weighted by Crippen LogP contribution is 2.18. The fraction of sp³-hybridized carbons (Fsp3) is 0.750. The first-order valence-corrected chi connectivity index (χ1v) is 2.96. The van der Waals surface area contributed by atoms with Crippen LogP contribution in [0.3, 0.4) is 0 Å². The summed E-state index contributed by atoms with van der Waals surface area (Å²) < 4.78 is 0.507. The third-order valence-corrected chi connectivity index (χ3v) is 1.54. The quantitative estimate of drug-likeness (QED) is 0.213. The standard InChI is InChI=1S/C4H6ClNS/c1-3-2-6(3)4(5)7/h3H,2H2,1H3. The van der Waals surface area contributed by atoms with Crippen LogP contribution >= 0.6 is 23.8 Å². The summed E-state index contributed by atoms with van der Waals surface area (Å²) >= 11 is 10.1. The Bertz CT molecular complexity index is 104. The van der Waals surface area contributed by atoms with Gasteiger partial charge in [0.25, 0.3) is 0 Å². The molecular formula is C4H6ClNS. The normalized spacial score (nSPS) is 27.7. The lowest BCUT2D eigenvalue weighted by Crippen LogP contribution is -2.00. The third-order valence-electron chi connectivity index (χ3n) is 1.09. The molecule has 7 heavy (non-hydrogen) atoms. The zero-order valence-electron chi connectivity index (χ0n) is 4.02. The van der Waals surface area contributed by atoms with Gasteiger partial charge < -0.3 is 4.90 Å². The molecule has 0 saturated carbocycles. The number of nitrogens with zero attached hydrogens (tertiary/aromatic N) is 1. The topological polar surface area (TPSA) is 3.01 Å². The van der Waals surface area contributed by atoms with E-state index in [0.717, 1.165) is 6.54 Å². The van der Waals surface area contributed by atoms with Crippen molar-refractivity contribution in [2.45, 2.75) is 13.0 Å². The molecule has 0 radical (unpaired) electrons. The predicted octanol–water partition coefficient (Wildman–Crippen LogP) is 1.21. The lowest BCUT2D eigenvalue weighted by Gasteiger charge is -1.91. The Morgan fingerprint density at radius 1 is 2.00 bits per heavy atom. The van der Waals surface area contributed by atoms with Crippen molar-refractivity contribution in [2.24, 2.45) is 0 Å². The average Bonchev–Trinajstić information content (AvgIpc) is 2.17. The summed E-state index contributed by atoms with van der Waals surface area (Å²) in [4.78, 5) is 1.96. The summed E-state index contributed by atoms with van der Waals surface area (Å²) in [7, 11) is 0. The molecule has 1 aliphatic rings. The first-order chi connectivity index (χ1) is 3.22. The Hall–Kier alpha value is 0.180. The Kier molecular flexibility index (Phi) is 1.22. The van der Waals surface area contributed by atoms with Crippen molar-refractivity contribution in [2.75, 3.05) is 6.54 Å². The van der Waals surface area contributed by atoms with Gasteiger partial charge in [-0.15, -0.1) is 0 Å². The van der Waals surface area contributed by atoms with Gasteiger partial charge in [0.05, 0.1) is 0 Å². The number of hydrogen-bond donors (Lipinski definition) is 0. The van der Waals surface area contributed by atoms with Gasteiger partial charge in [-0.2, -0.15) is 0 Å². The van der Waals surface area contributed by atoms with Crippen LogP contribution in [0.4, 0.5) is 0 Å². The minimum Gasteiger partial charge on any atom is -0.347 e. The van der Waals surface area contributed by atoms with E-state index in [2.05, 4.69) is 19.1 Å². The first kappa shape index (κ1) is 5.32. The van der Waals surface area contributed by atoms with Crippen LogP contribution < -0.4 is 0 Å². The highest BCUT2D eigenvalue weighted by atomic mass is 35.5. The molecule has 1 heterocycles. The zero-order chi connectivity index (χ0) is 5.44. The van der Waals surface area contributed by atoms with E-state index in [-0.39, 0.29) is 0 Å². The molecule has 0 spiro atoms. The fourth-order valence-electron chi connectivity index (χ4n) is 0.483. The van der Waals surface area contributed by atoms with Gasteiger partial charge >= 0.3 is 0 Å². The summed E-state index contributed by atoms with van der Waals surface area (Å²) in [6.07, 6.45) is 0. The molecular weight excluding hydrogens is 130 g/mol. The van der Waals surface area contributed by atoms with Crippen molar-refractivity contribution in [1.82, 2.24) is 4.90 Å². The largest absolute Gasteiger partial charge is 0.347 e. The van der Waals surface area contributed by atoms with Crippen LogP contribution in [0.15, 0.2) is 0 Å². The molecule has 1 unspecified atom stereocenters. The van der Waals surface area contributed by atoms with E-state index in [1.807, 2.05) is 4.90 Å². The van der Waals surface area contributed by atoms with E-state index in [9.17, 15) is 0 Å². The van der Waals surface area contributed by atoms with Gasteiger partial charge in [-0.1, -0.05) is 11.6 Å². The van der Waals surface area contributed by atoms with Crippen molar-refractivity contribution >= 4 is 28.3 Å². The zero-order valence-corrected chi connectivity index (χ0v) is 5.59. The van der Waals surface area contributed by atoms with E-state index < -0.39 is 0 Å². The molecule has 1 fully saturated rings. The van der Waals surface area contributed by atoms with Gasteiger partial charge in [0.15, 0.2) is 4.45 Å². The van der Waals surface area contributed by atoms with Gasteiger partial charge in [0.2, 0.25) is 0 Å². The highest BCUT2D eigenvalue weighted by molar-refractivity contribution is 7.83. The summed E-state index contributed by atoms with van der Waals surface area (Å²) in [5.74, 6) is 0. The van der Waals surface area contributed by atoms with Crippen LogP contribution in [0.5, 0.6) is 0 Å². The van der Waals surface area contributed by atoms with Gasteiger partial charge in [0.1, 0.15) is 0 Å². The van der Waals surface area contributed by atoms with Gasteiger partial charge in [-0.05, 0) is 19.1 Å². The average molecular weight is 136 g/mol. The molecule has 0 aromatic heterocycles. The van der Waals surface area contributed by atoms with E-state index >= 15 is 0 Å². The minimum atomic E-state index is 0.507. The predicted molar refractivity (Wildman–Crippen MR) is 34.6 cm³/mol. The Morgan fingerprint density at radius 2 is 2.43 bits per heavy atom. The number of rotatable bonds is 0. The fourth-order valence-corrected chi connectivity index (χ4v) is 0.973. The Balaban J connectivity index is 2.33. The Labute approximate surface area is 53.3 Å². The van der Waals surface area contributed by atoms with E-state index in [1.165, 1.54) is 0 Å². The summed E-state index contributed by atoms with van der Waals surface area (Å²) in [6, 6.07) is 0.602. The maximum absolute atomic E-state index is 5.43. The van der Waals surface area contributed by atoms with Gasteiger partial charge in [-0.25, -0.2) is 0 Å². The van der Waals surface area contributed by atoms with Crippen LogP contribution in [0, 0.1) is 0 Å². The minimum absolute atomic E-state index is 0.507. The molecule has 0 aromatic rings. The van der Waals surface area contributed by atoms with Crippen molar-refractivity contribution in [3.63, 3.8) is 0 Å². The molecule has 1 nitrogen and oxygen atoms in total. The lowest BCUT2D eigenvalue weighted by molar-refractivity contribution is 0.792. The van der Waals surface area contributed by atoms with Crippen molar-refractivity contribution < 1.29 is 0 Å². The molecule has 1 saturated heterocycles. The summed E-state index contributed by atoms with van der Waals surface area (Å²) in [5, 5.41) is 0. The smallest absolute Gasteiger partial charge is 0.170 e. The van der Waals surface area contributed by atoms with Crippen LogP contribution in [-0.4, -0.2) is 21.9 Å². The van der Waals surface area contributed by atoms with Crippen LogP contribution in [0.1, 0.15) is 6.92 Å². The van der Waals surface area contributed by atoms with Crippen LogP contribution in [0.2, 0.25) is 0 Å². The molecule has 0 bridgehead atoms. The summed E-state index contributed by atoms with van der Waals surface area (Å²) in [5.41, 5.74) is 0. The maximum Gasteiger partial charge on any atom is 0.170 e. The first-order valence-electron chi connectivity index (χ1n) is 2.18. The molecule has 0 N–H and O–H groups in total. The molecule has 3 heteroatoms. The van der Waals surface area contributed by atoms with E-state index in [1.54, 1.807) is 0 Å². The number of thiocarbonyl (C=S) groups is 1. The van der Waals surface area contributed by atoms with Gasteiger partial charge in [-0.3, -0.25) is 0 Å². The van der Waals surface area contributed by atoms with Crippen molar-refractivity contribution in [1.29, 1.82) is 0 Å². The monoisotopic (exact) mass is 135 g/mol. The molecule has 40 valence electrons. The molecule has 1 atom stereocenters. The third kappa shape index (κ3) is 1.04. The second kappa shape index (κ2) is 1.60. The van der Waals surface area contributed by atoms with Crippen molar-refractivity contribution in [3.05, 3.63) is 0 Å². The van der Waals surface area contributed by atoms with Crippen molar-refractivity contribution in [3.8, 4) is 0 Å². The second-order valence-electron chi connectivity index (χ2n) is 1.75. The molecule has 1 rings (SSSR count). The molecule has 0 aliphatic carbocycles. The number of hydrogen-bond acceptors (Lipinski definition) is 1. The molecule has 0 amide bonds. The maximum atomic E-state index is 5.43. The molecule has 0 aromatic carbocycles. The Morgan fingerprint density at radius 3 is 2.43 bits per heavy atom. The van der Waals surface area contributed by atoms with E-state index in [4.69, 9.17) is 11.6 Å². The lowest BCUT2D eigenvalue weighted by atomic mass is 10.6. The van der Waals surface area contributed by atoms with Crippen LogP contribution in [-0.2, 0) is 0 Å². The second-order valence-corrected chi connectivity index (χ2v) is 2.72.